The number of hydrogen-bond donors (Lipinski definition) is 1. The van der Waals surface area contributed by atoms with Crippen molar-refractivity contribution in [1.82, 2.24) is 0 Å². The van der Waals surface area contributed by atoms with E-state index in [1.165, 1.54) is 6.42 Å². The second-order valence-electron chi connectivity index (χ2n) is 3.51. The molecular weight excluding hydrogens is 214 g/mol. The second-order valence-corrected chi connectivity index (χ2v) is 5.00. The molecule has 1 rings (SSSR count). The highest BCUT2D eigenvalue weighted by Crippen LogP contribution is 2.29. The molecular formula is C11H16ClNS. The van der Waals surface area contributed by atoms with Gasteiger partial charge in [-0.2, -0.15) is 0 Å². The molecule has 0 aliphatic carbocycles. The zero-order chi connectivity index (χ0) is 10.6. The number of thioether (sulfide) groups is 1. The molecule has 0 aliphatic rings. The lowest BCUT2D eigenvalue weighted by atomic mass is 10.2. The van der Waals surface area contributed by atoms with E-state index in [1.807, 2.05) is 18.2 Å². The molecule has 0 heterocycles. The van der Waals surface area contributed by atoms with Crippen molar-refractivity contribution in [3.63, 3.8) is 0 Å². The summed E-state index contributed by atoms with van der Waals surface area (Å²) in [6.45, 7) is 4.44. The first-order valence-corrected chi connectivity index (χ1v) is 6.17. The average Bonchev–Trinajstić information content (AvgIpc) is 2.19. The zero-order valence-corrected chi connectivity index (χ0v) is 10.2. The molecule has 1 aromatic rings. The Morgan fingerprint density at radius 1 is 1.50 bits per heavy atom. The van der Waals surface area contributed by atoms with E-state index >= 15 is 0 Å². The Morgan fingerprint density at radius 2 is 2.21 bits per heavy atom. The molecule has 78 valence electrons. The van der Waals surface area contributed by atoms with Gasteiger partial charge in [0.15, 0.2) is 0 Å². The van der Waals surface area contributed by atoms with E-state index in [-0.39, 0.29) is 0 Å². The van der Waals surface area contributed by atoms with Crippen LogP contribution in [0.15, 0.2) is 23.1 Å². The third-order valence-corrected chi connectivity index (χ3v) is 3.83. The average molecular weight is 230 g/mol. The Kier molecular flexibility index (Phi) is 4.63. The largest absolute Gasteiger partial charge is 0.398 e. The van der Waals surface area contributed by atoms with Crippen LogP contribution in [0.3, 0.4) is 0 Å². The summed E-state index contributed by atoms with van der Waals surface area (Å²) >= 11 is 7.68. The smallest absolute Gasteiger partial charge is 0.0453 e. The minimum absolute atomic E-state index is 0.721. The Hall–Kier alpha value is -0.340. The van der Waals surface area contributed by atoms with E-state index in [1.54, 1.807) is 11.8 Å². The maximum absolute atomic E-state index is 5.90. The fourth-order valence-corrected chi connectivity index (χ4v) is 2.36. The first-order valence-electron chi connectivity index (χ1n) is 4.81. The molecule has 14 heavy (non-hydrogen) atoms. The van der Waals surface area contributed by atoms with Crippen molar-refractivity contribution in [3.05, 3.63) is 23.2 Å². The molecule has 2 N–H and O–H groups in total. The van der Waals surface area contributed by atoms with Crippen molar-refractivity contribution in [1.29, 1.82) is 0 Å². The van der Waals surface area contributed by atoms with Crippen molar-refractivity contribution >= 4 is 29.1 Å². The van der Waals surface area contributed by atoms with Gasteiger partial charge in [-0.1, -0.05) is 31.9 Å². The van der Waals surface area contributed by atoms with Gasteiger partial charge < -0.3 is 5.73 Å². The summed E-state index contributed by atoms with van der Waals surface area (Å²) in [5, 5.41) is 0.755. The second kappa shape index (κ2) is 5.52. The van der Waals surface area contributed by atoms with Crippen LogP contribution in [0.4, 0.5) is 5.69 Å². The third-order valence-electron chi connectivity index (χ3n) is 2.20. The van der Waals surface area contributed by atoms with Crippen LogP contribution in [0, 0.1) is 5.92 Å². The van der Waals surface area contributed by atoms with Gasteiger partial charge in [0.1, 0.15) is 0 Å². The highest BCUT2D eigenvalue weighted by molar-refractivity contribution is 7.99. The van der Waals surface area contributed by atoms with Gasteiger partial charge in [-0.25, -0.2) is 0 Å². The van der Waals surface area contributed by atoms with Crippen molar-refractivity contribution in [2.75, 3.05) is 11.5 Å². The van der Waals surface area contributed by atoms with E-state index in [9.17, 15) is 0 Å². The van der Waals surface area contributed by atoms with E-state index in [4.69, 9.17) is 17.3 Å². The molecule has 0 spiro atoms. The number of hydrogen-bond acceptors (Lipinski definition) is 2. The summed E-state index contributed by atoms with van der Waals surface area (Å²) in [5.74, 6) is 1.82. The molecule has 0 aliphatic heterocycles. The van der Waals surface area contributed by atoms with E-state index < -0.39 is 0 Å². The van der Waals surface area contributed by atoms with E-state index in [0.717, 1.165) is 27.3 Å². The first kappa shape index (κ1) is 11.7. The monoisotopic (exact) mass is 229 g/mol. The number of benzene rings is 1. The highest BCUT2D eigenvalue weighted by atomic mass is 35.5. The zero-order valence-electron chi connectivity index (χ0n) is 8.59. The van der Waals surface area contributed by atoms with Gasteiger partial charge in [-0.05, 0) is 24.1 Å². The van der Waals surface area contributed by atoms with Crippen LogP contribution in [0.5, 0.6) is 0 Å². The number of nitrogens with two attached hydrogens (primary N) is 1. The Bertz CT molecular complexity index is 301. The molecule has 3 heteroatoms. The van der Waals surface area contributed by atoms with Gasteiger partial charge in [-0.15, -0.1) is 11.8 Å². The molecule has 0 amide bonds. The fraction of sp³-hybridized carbons (Fsp3) is 0.455. The number of anilines is 1. The van der Waals surface area contributed by atoms with E-state index in [2.05, 4.69) is 13.8 Å². The van der Waals surface area contributed by atoms with Crippen LogP contribution >= 0.6 is 23.4 Å². The number of nitrogen functional groups attached to an aromatic ring is 1. The van der Waals surface area contributed by atoms with Gasteiger partial charge in [0.05, 0.1) is 0 Å². The lowest BCUT2D eigenvalue weighted by Crippen LogP contribution is -1.96. The third kappa shape index (κ3) is 3.43. The van der Waals surface area contributed by atoms with Gasteiger partial charge in [0.25, 0.3) is 0 Å². The lowest BCUT2D eigenvalue weighted by molar-refractivity contribution is 0.637. The Balaban J connectivity index is 2.62. The van der Waals surface area contributed by atoms with Crippen LogP contribution in [-0.4, -0.2) is 5.75 Å². The molecule has 1 unspecified atom stereocenters. The highest BCUT2D eigenvalue weighted by Gasteiger charge is 2.04. The van der Waals surface area contributed by atoms with Crippen LogP contribution < -0.4 is 5.73 Å². The molecule has 1 aromatic carbocycles. The number of rotatable bonds is 4. The Morgan fingerprint density at radius 3 is 2.86 bits per heavy atom. The fourth-order valence-electron chi connectivity index (χ4n) is 0.983. The summed E-state index contributed by atoms with van der Waals surface area (Å²) in [7, 11) is 0. The standard InChI is InChI=1S/C11H16ClNS/c1-3-8(2)7-14-11-6-9(12)4-5-10(11)13/h4-6,8H,3,7,13H2,1-2H3. The maximum Gasteiger partial charge on any atom is 0.0453 e. The normalized spacial score (nSPS) is 12.8. The van der Waals surface area contributed by atoms with Gasteiger partial charge in [-0.3, -0.25) is 0 Å². The topological polar surface area (TPSA) is 26.0 Å². The molecule has 0 saturated carbocycles. The van der Waals surface area contributed by atoms with Gasteiger partial charge >= 0.3 is 0 Å². The van der Waals surface area contributed by atoms with Gasteiger partial charge in [0.2, 0.25) is 0 Å². The van der Waals surface area contributed by atoms with Crippen LogP contribution in [0.25, 0.3) is 0 Å². The first-order chi connectivity index (χ1) is 6.63. The predicted molar refractivity (Wildman–Crippen MR) is 66.0 cm³/mol. The SMILES string of the molecule is CCC(C)CSc1cc(Cl)ccc1N. The lowest BCUT2D eigenvalue weighted by Gasteiger charge is -2.09. The summed E-state index contributed by atoms with van der Waals surface area (Å²) in [6, 6.07) is 5.62. The number of halogens is 1. The molecule has 1 nitrogen and oxygen atoms in total. The summed E-state index contributed by atoms with van der Waals surface area (Å²) < 4.78 is 0. The van der Waals surface area contributed by atoms with Crippen LogP contribution in [0.1, 0.15) is 20.3 Å². The molecule has 0 saturated heterocycles. The summed E-state index contributed by atoms with van der Waals surface area (Å²) in [5.41, 5.74) is 6.66. The molecule has 0 fully saturated rings. The van der Waals surface area contributed by atoms with Crippen molar-refractivity contribution < 1.29 is 0 Å². The minimum Gasteiger partial charge on any atom is -0.398 e. The molecule has 0 aromatic heterocycles. The van der Waals surface area contributed by atoms with Crippen molar-refractivity contribution in [2.24, 2.45) is 5.92 Å². The summed E-state index contributed by atoms with van der Waals surface area (Å²) in [4.78, 5) is 1.10. The van der Waals surface area contributed by atoms with Crippen LogP contribution in [0.2, 0.25) is 5.02 Å². The molecule has 0 radical (unpaired) electrons. The Labute approximate surface area is 95.0 Å². The van der Waals surface area contributed by atoms with E-state index in [0.29, 0.717) is 0 Å². The predicted octanol–water partition coefficient (Wildman–Crippen LogP) is 4.06. The molecule has 1 atom stereocenters. The molecule has 0 bridgehead atoms. The maximum atomic E-state index is 5.90. The van der Waals surface area contributed by atoms with Crippen LogP contribution in [-0.2, 0) is 0 Å². The van der Waals surface area contributed by atoms with Crippen molar-refractivity contribution in [3.8, 4) is 0 Å². The van der Waals surface area contributed by atoms with Gasteiger partial charge in [0, 0.05) is 21.4 Å². The quantitative estimate of drug-likeness (QED) is 0.623. The minimum atomic E-state index is 0.721. The summed E-state index contributed by atoms with van der Waals surface area (Å²) in [6.07, 6.45) is 1.20. The van der Waals surface area contributed by atoms with Crippen molar-refractivity contribution in [2.45, 2.75) is 25.2 Å².